The summed E-state index contributed by atoms with van der Waals surface area (Å²) in [4.78, 5) is 8.99. The standard InChI is InChI=1S/C21H20N4O/c1-14-5-4-6-15(2)19(14)24-21-20(16-7-9-17(26-3)10-8-16)23-18-13-22-11-12-25(18)21/h4-13,24H,1-3H3. The normalized spacial score (nSPS) is 10.9. The molecule has 0 spiro atoms. The molecule has 2 heterocycles. The highest BCUT2D eigenvalue weighted by atomic mass is 16.5. The van der Waals surface area contributed by atoms with Crippen molar-refractivity contribution in [2.45, 2.75) is 13.8 Å². The molecular weight excluding hydrogens is 324 g/mol. The van der Waals surface area contributed by atoms with Crippen LogP contribution < -0.4 is 10.1 Å². The second-order valence-electron chi connectivity index (χ2n) is 6.23. The van der Waals surface area contributed by atoms with E-state index in [1.807, 2.05) is 34.9 Å². The number of aryl methyl sites for hydroxylation is 2. The lowest BCUT2D eigenvalue weighted by Crippen LogP contribution is -2.00. The quantitative estimate of drug-likeness (QED) is 0.580. The number of ether oxygens (including phenoxy) is 1. The number of imidazole rings is 1. The van der Waals surface area contributed by atoms with E-state index >= 15 is 0 Å². The van der Waals surface area contributed by atoms with Crippen LogP contribution in [0.3, 0.4) is 0 Å². The van der Waals surface area contributed by atoms with Gasteiger partial charge in [0.1, 0.15) is 17.3 Å². The number of anilines is 2. The van der Waals surface area contributed by atoms with Gasteiger partial charge >= 0.3 is 0 Å². The fraction of sp³-hybridized carbons (Fsp3) is 0.143. The Bertz CT molecular complexity index is 1050. The van der Waals surface area contributed by atoms with Crippen molar-refractivity contribution in [1.82, 2.24) is 14.4 Å². The van der Waals surface area contributed by atoms with Crippen molar-refractivity contribution in [2.75, 3.05) is 12.4 Å². The molecule has 2 aromatic heterocycles. The Morgan fingerprint density at radius 2 is 1.73 bits per heavy atom. The molecule has 0 saturated carbocycles. The third kappa shape index (κ3) is 2.77. The number of fused-ring (bicyclic) bond motifs is 1. The van der Waals surface area contributed by atoms with E-state index < -0.39 is 0 Å². The van der Waals surface area contributed by atoms with Crippen molar-refractivity contribution in [2.24, 2.45) is 0 Å². The van der Waals surface area contributed by atoms with E-state index in [0.717, 1.165) is 34.2 Å². The molecule has 4 aromatic rings. The van der Waals surface area contributed by atoms with Crippen molar-refractivity contribution >= 4 is 17.2 Å². The van der Waals surface area contributed by atoms with Gasteiger partial charge < -0.3 is 10.1 Å². The molecule has 0 aliphatic rings. The number of hydrogen-bond acceptors (Lipinski definition) is 4. The minimum absolute atomic E-state index is 0.798. The fourth-order valence-electron chi connectivity index (χ4n) is 3.11. The predicted octanol–water partition coefficient (Wildman–Crippen LogP) is 4.77. The van der Waals surface area contributed by atoms with Gasteiger partial charge in [0.25, 0.3) is 0 Å². The molecule has 5 heteroatoms. The monoisotopic (exact) mass is 344 g/mol. The maximum absolute atomic E-state index is 5.27. The maximum Gasteiger partial charge on any atom is 0.157 e. The van der Waals surface area contributed by atoms with Crippen LogP contribution in [0, 0.1) is 13.8 Å². The van der Waals surface area contributed by atoms with Crippen LogP contribution in [0.25, 0.3) is 16.9 Å². The van der Waals surface area contributed by atoms with Gasteiger partial charge in [0.15, 0.2) is 5.65 Å². The SMILES string of the molecule is COc1ccc(-c2nc3cnccn3c2Nc2c(C)cccc2C)cc1. The molecule has 0 saturated heterocycles. The van der Waals surface area contributed by atoms with Crippen LogP contribution in [0.15, 0.2) is 61.1 Å². The van der Waals surface area contributed by atoms with E-state index in [9.17, 15) is 0 Å². The number of methoxy groups -OCH3 is 1. The number of aromatic nitrogens is 3. The zero-order valence-electron chi connectivity index (χ0n) is 15.0. The van der Waals surface area contributed by atoms with Gasteiger partial charge in [-0.25, -0.2) is 4.98 Å². The van der Waals surface area contributed by atoms with Crippen molar-refractivity contribution in [1.29, 1.82) is 0 Å². The van der Waals surface area contributed by atoms with Crippen LogP contribution in [0.4, 0.5) is 11.5 Å². The number of nitrogens with zero attached hydrogens (tertiary/aromatic N) is 3. The van der Waals surface area contributed by atoms with E-state index in [-0.39, 0.29) is 0 Å². The van der Waals surface area contributed by atoms with Gasteiger partial charge in [-0.2, -0.15) is 0 Å². The third-order valence-electron chi connectivity index (χ3n) is 4.52. The molecule has 26 heavy (non-hydrogen) atoms. The van der Waals surface area contributed by atoms with Crippen molar-refractivity contribution < 1.29 is 4.74 Å². The van der Waals surface area contributed by atoms with E-state index in [1.54, 1.807) is 19.5 Å². The number of para-hydroxylation sites is 1. The van der Waals surface area contributed by atoms with Gasteiger partial charge in [-0.05, 0) is 49.2 Å². The summed E-state index contributed by atoms with van der Waals surface area (Å²) in [6, 6.07) is 14.2. The summed E-state index contributed by atoms with van der Waals surface area (Å²) >= 11 is 0. The molecular formula is C21H20N4O. The first-order valence-electron chi connectivity index (χ1n) is 8.47. The van der Waals surface area contributed by atoms with Crippen molar-refractivity contribution in [3.63, 3.8) is 0 Å². The second kappa shape index (κ2) is 6.52. The van der Waals surface area contributed by atoms with Gasteiger partial charge in [0, 0.05) is 23.6 Å². The average Bonchev–Trinajstić information content (AvgIpc) is 3.03. The van der Waals surface area contributed by atoms with Crippen molar-refractivity contribution in [3.05, 3.63) is 72.2 Å². The highest BCUT2D eigenvalue weighted by molar-refractivity contribution is 5.81. The smallest absolute Gasteiger partial charge is 0.157 e. The van der Waals surface area contributed by atoms with Crippen LogP contribution in [0.2, 0.25) is 0 Å². The summed E-state index contributed by atoms with van der Waals surface area (Å²) in [5.41, 5.74) is 6.17. The molecule has 0 fully saturated rings. The van der Waals surface area contributed by atoms with Crippen LogP contribution >= 0.6 is 0 Å². The molecule has 5 nitrogen and oxygen atoms in total. The fourth-order valence-corrected chi connectivity index (χ4v) is 3.11. The van der Waals surface area contributed by atoms with Gasteiger partial charge in [0.2, 0.25) is 0 Å². The zero-order chi connectivity index (χ0) is 18.1. The van der Waals surface area contributed by atoms with Crippen molar-refractivity contribution in [3.8, 4) is 17.0 Å². The van der Waals surface area contributed by atoms with Gasteiger partial charge in [0.05, 0.1) is 13.3 Å². The minimum Gasteiger partial charge on any atom is -0.497 e. The highest BCUT2D eigenvalue weighted by Crippen LogP contribution is 2.33. The van der Waals surface area contributed by atoms with Gasteiger partial charge in [-0.3, -0.25) is 9.38 Å². The van der Waals surface area contributed by atoms with Crippen LogP contribution in [0.5, 0.6) is 5.75 Å². The van der Waals surface area contributed by atoms with Crippen LogP contribution in [-0.2, 0) is 0 Å². The Kier molecular flexibility index (Phi) is 4.05. The summed E-state index contributed by atoms with van der Waals surface area (Å²) in [7, 11) is 1.67. The molecule has 1 N–H and O–H groups in total. The Hall–Kier alpha value is -3.34. The Balaban J connectivity index is 1.89. The first-order valence-corrected chi connectivity index (χ1v) is 8.47. The van der Waals surface area contributed by atoms with E-state index in [4.69, 9.17) is 9.72 Å². The number of hydrogen-bond donors (Lipinski definition) is 1. The van der Waals surface area contributed by atoms with E-state index in [0.29, 0.717) is 0 Å². The van der Waals surface area contributed by atoms with Gasteiger partial charge in [-0.15, -0.1) is 0 Å². The van der Waals surface area contributed by atoms with Gasteiger partial charge in [-0.1, -0.05) is 18.2 Å². The lowest BCUT2D eigenvalue weighted by atomic mass is 10.1. The molecule has 130 valence electrons. The number of benzene rings is 2. The predicted molar refractivity (Wildman–Crippen MR) is 104 cm³/mol. The van der Waals surface area contributed by atoms with Crippen LogP contribution in [0.1, 0.15) is 11.1 Å². The average molecular weight is 344 g/mol. The summed E-state index contributed by atoms with van der Waals surface area (Å²) in [6.07, 6.45) is 5.45. The van der Waals surface area contributed by atoms with E-state index in [1.165, 1.54) is 11.1 Å². The minimum atomic E-state index is 0.798. The Labute approximate surface area is 152 Å². The molecule has 0 bridgehead atoms. The number of nitrogens with one attached hydrogen (secondary N) is 1. The summed E-state index contributed by atoms with van der Waals surface area (Å²) < 4.78 is 7.30. The zero-order valence-corrected chi connectivity index (χ0v) is 15.0. The highest BCUT2D eigenvalue weighted by Gasteiger charge is 2.16. The van der Waals surface area contributed by atoms with E-state index in [2.05, 4.69) is 42.3 Å². The maximum atomic E-state index is 5.27. The second-order valence-corrected chi connectivity index (χ2v) is 6.23. The summed E-state index contributed by atoms with van der Waals surface area (Å²) in [5, 5.41) is 3.60. The largest absolute Gasteiger partial charge is 0.497 e. The molecule has 0 unspecified atom stereocenters. The first kappa shape index (κ1) is 16.1. The Morgan fingerprint density at radius 1 is 1.00 bits per heavy atom. The third-order valence-corrected chi connectivity index (χ3v) is 4.52. The topological polar surface area (TPSA) is 51.5 Å². The molecule has 0 amide bonds. The lowest BCUT2D eigenvalue weighted by molar-refractivity contribution is 0.415. The molecule has 2 aromatic carbocycles. The molecule has 0 atom stereocenters. The first-order chi connectivity index (χ1) is 12.7. The molecule has 0 radical (unpaired) electrons. The summed E-state index contributed by atoms with van der Waals surface area (Å²) in [6.45, 7) is 4.21. The molecule has 4 rings (SSSR count). The lowest BCUT2D eigenvalue weighted by Gasteiger charge is -2.14. The Morgan fingerprint density at radius 3 is 2.42 bits per heavy atom. The van der Waals surface area contributed by atoms with Crippen LogP contribution in [-0.4, -0.2) is 21.5 Å². The molecule has 0 aliphatic carbocycles. The summed E-state index contributed by atoms with van der Waals surface area (Å²) in [5.74, 6) is 1.74. The molecule has 0 aliphatic heterocycles. The number of rotatable bonds is 4.